The summed E-state index contributed by atoms with van der Waals surface area (Å²) in [5, 5.41) is 10.3. The van der Waals surface area contributed by atoms with Crippen LogP contribution >= 0.6 is 0 Å². The van der Waals surface area contributed by atoms with Crippen LogP contribution in [0, 0.1) is 5.92 Å². The molecule has 0 saturated heterocycles. The van der Waals surface area contributed by atoms with Crippen LogP contribution in [0.2, 0.25) is 0 Å². The number of phenols is 1. The lowest BCUT2D eigenvalue weighted by molar-refractivity contribution is 0.430. The summed E-state index contributed by atoms with van der Waals surface area (Å²) in [7, 11) is 0. The van der Waals surface area contributed by atoms with E-state index in [4.69, 9.17) is 0 Å². The fourth-order valence-electron chi connectivity index (χ4n) is 2.33. The van der Waals surface area contributed by atoms with Gasteiger partial charge in [0.1, 0.15) is 5.75 Å². The van der Waals surface area contributed by atoms with Crippen molar-refractivity contribution in [1.82, 2.24) is 0 Å². The lowest BCUT2D eigenvalue weighted by Gasteiger charge is -2.22. The molecular weight excluding hydrogens is 208 g/mol. The topological polar surface area (TPSA) is 20.2 Å². The van der Waals surface area contributed by atoms with Crippen LogP contribution in [0.4, 0.5) is 0 Å². The van der Waals surface area contributed by atoms with E-state index in [2.05, 4.69) is 46.8 Å². The van der Waals surface area contributed by atoms with Crippen molar-refractivity contribution in [3.63, 3.8) is 0 Å². The summed E-state index contributed by atoms with van der Waals surface area (Å²) in [5.41, 5.74) is 2.16. The zero-order valence-electron chi connectivity index (χ0n) is 11.9. The number of rotatable bonds is 4. The van der Waals surface area contributed by atoms with Crippen molar-refractivity contribution in [1.29, 1.82) is 0 Å². The van der Waals surface area contributed by atoms with Crippen LogP contribution in [0.5, 0.6) is 5.75 Å². The van der Waals surface area contributed by atoms with Gasteiger partial charge in [-0.3, -0.25) is 0 Å². The third kappa shape index (κ3) is 3.76. The SMILES string of the molecule is CCCC(C)Cc1cccc(C(C)(C)C)c1O. The Morgan fingerprint density at radius 3 is 2.41 bits per heavy atom. The Labute approximate surface area is 106 Å². The summed E-state index contributed by atoms with van der Waals surface area (Å²) >= 11 is 0. The van der Waals surface area contributed by atoms with Crippen molar-refractivity contribution in [3.05, 3.63) is 29.3 Å². The first-order valence-electron chi connectivity index (χ1n) is 6.67. The van der Waals surface area contributed by atoms with Crippen LogP contribution in [-0.4, -0.2) is 5.11 Å². The van der Waals surface area contributed by atoms with Gasteiger partial charge >= 0.3 is 0 Å². The molecule has 0 spiro atoms. The second kappa shape index (κ2) is 5.57. The van der Waals surface area contributed by atoms with E-state index < -0.39 is 0 Å². The number of hydrogen-bond acceptors (Lipinski definition) is 1. The van der Waals surface area contributed by atoms with Crippen LogP contribution in [0.15, 0.2) is 18.2 Å². The van der Waals surface area contributed by atoms with E-state index in [9.17, 15) is 5.11 Å². The molecular formula is C16H26O. The molecule has 0 aromatic heterocycles. The molecule has 96 valence electrons. The van der Waals surface area contributed by atoms with Crippen LogP contribution in [0.25, 0.3) is 0 Å². The average Bonchev–Trinajstić information content (AvgIpc) is 2.19. The van der Waals surface area contributed by atoms with Gasteiger partial charge < -0.3 is 5.11 Å². The van der Waals surface area contributed by atoms with E-state index in [0.29, 0.717) is 11.7 Å². The maximum absolute atomic E-state index is 10.3. The molecule has 0 bridgehead atoms. The number of phenolic OH excluding ortho intramolecular Hbond substituents is 1. The van der Waals surface area contributed by atoms with Crippen LogP contribution in [0.3, 0.4) is 0 Å². The number of para-hydroxylation sites is 1. The fourth-order valence-corrected chi connectivity index (χ4v) is 2.33. The predicted octanol–water partition coefficient (Wildman–Crippen LogP) is 4.67. The lowest BCUT2D eigenvalue weighted by Crippen LogP contribution is -2.12. The van der Waals surface area contributed by atoms with Gasteiger partial charge in [-0.15, -0.1) is 0 Å². The number of hydrogen-bond donors (Lipinski definition) is 1. The van der Waals surface area contributed by atoms with Gasteiger partial charge in [-0.1, -0.05) is 65.7 Å². The fraction of sp³-hybridized carbons (Fsp3) is 0.625. The zero-order chi connectivity index (χ0) is 13.1. The molecule has 1 atom stereocenters. The van der Waals surface area contributed by atoms with Gasteiger partial charge in [0.05, 0.1) is 0 Å². The van der Waals surface area contributed by atoms with Crippen molar-refractivity contribution < 1.29 is 5.11 Å². The monoisotopic (exact) mass is 234 g/mol. The minimum Gasteiger partial charge on any atom is -0.507 e. The number of benzene rings is 1. The molecule has 1 rings (SSSR count). The van der Waals surface area contributed by atoms with Crippen molar-refractivity contribution in [2.24, 2.45) is 5.92 Å². The summed E-state index contributed by atoms with van der Waals surface area (Å²) in [6.45, 7) is 10.9. The van der Waals surface area contributed by atoms with Gasteiger partial charge in [-0.05, 0) is 28.9 Å². The third-order valence-electron chi connectivity index (χ3n) is 3.28. The molecule has 1 aromatic rings. The number of aromatic hydroxyl groups is 1. The first-order chi connectivity index (χ1) is 7.86. The van der Waals surface area contributed by atoms with Crippen molar-refractivity contribution in [3.8, 4) is 5.75 Å². The molecule has 0 aliphatic carbocycles. The Morgan fingerprint density at radius 2 is 1.88 bits per heavy atom. The molecule has 0 heterocycles. The van der Waals surface area contributed by atoms with Gasteiger partial charge in [-0.2, -0.15) is 0 Å². The molecule has 1 unspecified atom stereocenters. The van der Waals surface area contributed by atoms with Gasteiger partial charge in [0, 0.05) is 0 Å². The highest BCUT2D eigenvalue weighted by Crippen LogP contribution is 2.34. The highest BCUT2D eigenvalue weighted by Gasteiger charge is 2.20. The second-order valence-corrected chi connectivity index (χ2v) is 6.16. The molecule has 0 saturated carbocycles. The van der Waals surface area contributed by atoms with E-state index in [1.165, 1.54) is 12.8 Å². The Morgan fingerprint density at radius 1 is 1.24 bits per heavy atom. The van der Waals surface area contributed by atoms with Gasteiger partial charge in [-0.25, -0.2) is 0 Å². The third-order valence-corrected chi connectivity index (χ3v) is 3.28. The minimum absolute atomic E-state index is 0.00802. The largest absolute Gasteiger partial charge is 0.507 e. The average molecular weight is 234 g/mol. The second-order valence-electron chi connectivity index (χ2n) is 6.16. The first-order valence-corrected chi connectivity index (χ1v) is 6.67. The summed E-state index contributed by atoms with van der Waals surface area (Å²) in [6, 6.07) is 6.15. The van der Waals surface area contributed by atoms with E-state index >= 15 is 0 Å². The van der Waals surface area contributed by atoms with E-state index in [1.807, 2.05) is 6.07 Å². The Balaban J connectivity index is 2.95. The van der Waals surface area contributed by atoms with Crippen LogP contribution in [0.1, 0.15) is 58.6 Å². The molecule has 0 radical (unpaired) electrons. The van der Waals surface area contributed by atoms with E-state index in [0.717, 1.165) is 17.5 Å². The maximum Gasteiger partial charge on any atom is 0.122 e. The maximum atomic E-state index is 10.3. The van der Waals surface area contributed by atoms with Gasteiger partial charge in [0.25, 0.3) is 0 Å². The van der Waals surface area contributed by atoms with Crippen LogP contribution in [-0.2, 0) is 11.8 Å². The normalized spacial score (nSPS) is 13.7. The highest BCUT2D eigenvalue weighted by atomic mass is 16.3. The molecule has 0 aliphatic heterocycles. The molecule has 0 amide bonds. The molecule has 1 nitrogen and oxygen atoms in total. The highest BCUT2D eigenvalue weighted by molar-refractivity contribution is 5.44. The molecule has 0 aliphatic rings. The van der Waals surface area contributed by atoms with Crippen LogP contribution < -0.4 is 0 Å². The van der Waals surface area contributed by atoms with Gasteiger partial charge in [0.2, 0.25) is 0 Å². The molecule has 1 aromatic carbocycles. The van der Waals surface area contributed by atoms with E-state index in [1.54, 1.807) is 0 Å². The standard InChI is InChI=1S/C16H26O/c1-6-8-12(2)11-13-9-7-10-14(15(13)17)16(3,4)5/h7,9-10,12,17H,6,8,11H2,1-5H3. The summed E-state index contributed by atoms with van der Waals surface area (Å²) in [5.74, 6) is 1.14. The molecule has 0 fully saturated rings. The summed E-state index contributed by atoms with van der Waals surface area (Å²) in [6.07, 6.45) is 3.41. The summed E-state index contributed by atoms with van der Waals surface area (Å²) < 4.78 is 0. The Kier molecular flexibility index (Phi) is 4.62. The smallest absolute Gasteiger partial charge is 0.122 e. The van der Waals surface area contributed by atoms with E-state index in [-0.39, 0.29) is 5.41 Å². The van der Waals surface area contributed by atoms with Crippen molar-refractivity contribution in [2.45, 2.75) is 59.3 Å². The van der Waals surface area contributed by atoms with Gasteiger partial charge in [0.15, 0.2) is 0 Å². The van der Waals surface area contributed by atoms with Crippen molar-refractivity contribution in [2.75, 3.05) is 0 Å². The Bertz CT molecular complexity index is 360. The molecule has 1 heteroatoms. The summed E-state index contributed by atoms with van der Waals surface area (Å²) in [4.78, 5) is 0. The molecule has 1 N–H and O–H groups in total. The quantitative estimate of drug-likeness (QED) is 0.802. The van der Waals surface area contributed by atoms with Crippen molar-refractivity contribution >= 4 is 0 Å². The zero-order valence-corrected chi connectivity index (χ0v) is 11.9. The minimum atomic E-state index is 0.00802. The predicted molar refractivity (Wildman–Crippen MR) is 74.6 cm³/mol. The first kappa shape index (κ1) is 14.1. The Hall–Kier alpha value is -0.980. The lowest BCUT2D eigenvalue weighted by atomic mass is 9.84. The molecule has 17 heavy (non-hydrogen) atoms.